The van der Waals surface area contributed by atoms with Crippen molar-refractivity contribution >= 4 is 56.2 Å². The fourth-order valence-electron chi connectivity index (χ4n) is 2.01. The van der Waals surface area contributed by atoms with Gasteiger partial charge in [-0.05, 0) is 30.3 Å². The first-order chi connectivity index (χ1) is 11.6. The average Bonchev–Trinajstić information content (AvgIpc) is 2.90. The number of rotatable bonds is 6. The second-order valence-electron chi connectivity index (χ2n) is 5.20. The predicted molar refractivity (Wildman–Crippen MR) is 99.7 cm³/mol. The Bertz CT molecular complexity index is 909. The van der Waals surface area contributed by atoms with Crippen molar-refractivity contribution in [1.29, 1.82) is 0 Å². The monoisotopic (exact) mass is 401 g/mol. The molecule has 25 heavy (non-hydrogen) atoms. The number of hydrogen-bond donors (Lipinski definition) is 3. The quantitative estimate of drug-likeness (QED) is 0.692. The van der Waals surface area contributed by atoms with Crippen LogP contribution in [-0.2, 0) is 21.4 Å². The molecule has 0 saturated heterocycles. The summed E-state index contributed by atoms with van der Waals surface area (Å²) in [5, 5.41) is 5.26. The van der Waals surface area contributed by atoms with Crippen LogP contribution in [0.25, 0.3) is 0 Å². The standard InChI is InChI=1S/C15H16ClN3O4S2/c1-9(20)18-10-3-5-13(19-25(2,22)23)12(7-10)15(21)17-8-11-4-6-14(16)24-11/h3-7,19H,8H2,1-2H3,(H,17,21)(H,18,20). The molecule has 10 heteroatoms. The third-order valence-corrected chi connectivity index (χ3v) is 4.75. The van der Waals surface area contributed by atoms with E-state index in [4.69, 9.17) is 11.6 Å². The predicted octanol–water partition coefficient (Wildman–Crippen LogP) is 2.66. The van der Waals surface area contributed by atoms with Crippen molar-refractivity contribution in [3.63, 3.8) is 0 Å². The van der Waals surface area contributed by atoms with Crippen molar-refractivity contribution in [1.82, 2.24) is 5.32 Å². The Morgan fingerprint density at radius 3 is 2.48 bits per heavy atom. The van der Waals surface area contributed by atoms with Crippen molar-refractivity contribution in [2.45, 2.75) is 13.5 Å². The van der Waals surface area contributed by atoms with E-state index in [0.29, 0.717) is 10.0 Å². The zero-order valence-corrected chi connectivity index (χ0v) is 15.8. The number of halogens is 1. The molecule has 2 aromatic rings. The molecule has 0 saturated carbocycles. The second-order valence-corrected chi connectivity index (χ2v) is 8.75. The second kappa shape index (κ2) is 7.85. The minimum Gasteiger partial charge on any atom is -0.347 e. The lowest BCUT2D eigenvalue weighted by Crippen LogP contribution is -2.24. The molecular weight excluding hydrogens is 386 g/mol. The maximum absolute atomic E-state index is 12.5. The fourth-order valence-corrected chi connectivity index (χ4v) is 3.62. The van der Waals surface area contributed by atoms with Gasteiger partial charge in [0.05, 0.1) is 28.4 Å². The number of sulfonamides is 1. The van der Waals surface area contributed by atoms with Crippen molar-refractivity contribution in [3.8, 4) is 0 Å². The summed E-state index contributed by atoms with van der Waals surface area (Å²) in [6.07, 6.45) is 0.990. The first-order valence-corrected chi connectivity index (χ1v) is 10.1. The van der Waals surface area contributed by atoms with E-state index in [1.165, 1.54) is 36.5 Å². The molecule has 1 aromatic heterocycles. The van der Waals surface area contributed by atoms with Gasteiger partial charge >= 0.3 is 0 Å². The lowest BCUT2D eigenvalue weighted by molar-refractivity contribution is -0.114. The Morgan fingerprint density at radius 2 is 1.92 bits per heavy atom. The average molecular weight is 402 g/mol. The highest BCUT2D eigenvalue weighted by molar-refractivity contribution is 7.92. The summed E-state index contributed by atoms with van der Waals surface area (Å²) in [7, 11) is -3.57. The largest absolute Gasteiger partial charge is 0.347 e. The van der Waals surface area contributed by atoms with Crippen molar-refractivity contribution in [2.75, 3.05) is 16.3 Å². The number of amides is 2. The van der Waals surface area contributed by atoms with E-state index in [1.54, 1.807) is 12.1 Å². The van der Waals surface area contributed by atoms with Gasteiger partial charge in [0.25, 0.3) is 5.91 Å². The van der Waals surface area contributed by atoms with E-state index in [-0.39, 0.29) is 23.7 Å². The van der Waals surface area contributed by atoms with Gasteiger partial charge in [0.1, 0.15) is 0 Å². The summed E-state index contributed by atoms with van der Waals surface area (Å²) >= 11 is 7.18. The van der Waals surface area contributed by atoms with E-state index >= 15 is 0 Å². The van der Waals surface area contributed by atoms with Crippen LogP contribution >= 0.6 is 22.9 Å². The van der Waals surface area contributed by atoms with Gasteiger partial charge in [0.15, 0.2) is 0 Å². The highest BCUT2D eigenvalue weighted by Crippen LogP contribution is 2.23. The number of hydrogen-bond acceptors (Lipinski definition) is 5. The van der Waals surface area contributed by atoms with Gasteiger partial charge in [-0.3, -0.25) is 14.3 Å². The Hall–Kier alpha value is -2.10. The van der Waals surface area contributed by atoms with E-state index < -0.39 is 15.9 Å². The molecule has 7 nitrogen and oxygen atoms in total. The van der Waals surface area contributed by atoms with E-state index in [9.17, 15) is 18.0 Å². The number of carbonyl (C=O) groups excluding carboxylic acids is 2. The summed E-state index contributed by atoms with van der Waals surface area (Å²) in [6, 6.07) is 7.85. The van der Waals surface area contributed by atoms with Crippen molar-refractivity contribution < 1.29 is 18.0 Å². The molecular formula is C15H16ClN3O4S2. The van der Waals surface area contributed by atoms with Crippen molar-refractivity contribution in [2.24, 2.45) is 0 Å². The lowest BCUT2D eigenvalue weighted by Gasteiger charge is -2.13. The molecule has 0 aliphatic heterocycles. The molecule has 0 fully saturated rings. The summed E-state index contributed by atoms with van der Waals surface area (Å²) in [5.41, 5.74) is 0.605. The SMILES string of the molecule is CC(=O)Nc1ccc(NS(C)(=O)=O)c(C(=O)NCc2ccc(Cl)s2)c1. The first kappa shape index (κ1) is 19.2. The van der Waals surface area contributed by atoms with E-state index in [2.05, 4.69) is 15.4 Å². The Balaban J connectivity index is 2.26. The van der Waals surface area contributed by atoms with Crippen LogP contribution < -0.4 is 15.4 Å². The van der Waals surface area contributed by atoms with Crippen LogP contribution in [-0.4, -0.2) is 26.5 Å². The van der Waals surface area contributed by atoms with Crippen LogP contribution in [0, 0.1) is 0 Å². The summed E-state index contributed by atoms with van der Waals surface area (Å²) in [5.74, 6) is -0.786. The summed E-state index contributed by atoms with van der Waals surface area (Å²) in [4.78, 5) is 24.5. The third-order valence-electron chi connectivity index (χ3n) is 2.93. The topological polar surface area (TPSA) is 104 Å². The fraction of sp³-hybridized carbons (Fsp3) is 0.200. The van der Waals surface area contributed by atoms with Crippen LogP contribution in [0.5, 0.6) is 0 Å². The van der Waals surface area contributed by atoms with Crippen LogP contribution in [0.2, 0.25) is 4.34 Å². The normalized spacial score (nSPS) is 11.0. The van der Waals surface area contributed by atoms with Gasteiger partial charge in [-0.15, -0.1) is 11.3 Å². The molecule has 1 heterocycles. The molecule has 1 aromatic carbocycles. The van der Waals surface area contributed by atoms with Gasteiger partial charge in [0, 0.05) is 17.5 Å². The number of carbonyl (C=O) groups is 2. The molecule has 134 valence electrons. The van der Waals surface area contributed by atoms with E-state index in [1.807, 2.05) is 0 Å². The van der Waals surface area contributed by atoms with Gasteiger partial charge in [0.2, 0.25) is 15.9 Å². The molecule has 0 aliphatic rings. The highest BCUT2D eigenvalue weighted by Gasteiger charge is 2.16. The van der Waals surface area contributed by atoms with Gasteiger partial charge in [-0.2, -0.15) is 0 Å². The lowest BCUT2D eigenvalue weighted by atomic mass is 10.1. The smallest absolute Gasteiger partial charge is 0.253 e. The first-order valence-electron chi connectivity index (χ1n) is 7.06. The molecule has 3 N–H and O–H groups in total. The summed E-state index contributed by atoms with van der Waals surface area (Å²) in [6.45, 7) is 1.59. The van der Waals surface area contributed by atoms with Gasteiger partial charge in [-0.1, -0.05) is 11.6 Å². The summed E-state index contributed by atoms with van der Waals surface area (Å²) < 4.78 is 25.9. The number of nitrogens with one attached hydrogen (secondary N) is 3. The minimum absolute atomic E-state index is 0.0966. The molecule has 0 atom stereocenters. The molecule has 0 bridgehead atoms. The van der Waals surface area contributed by atoms with Crippen LogP contribution in [0.1, 0.15) is 22.2 Å². The zero-order chi connectivity index (χ0) is 18.6. The minimum atomic E-state index is -3.57. The maximum Gasteiger partial charge on any atom is 0.253 e. The molecule has 0 aliphatic carbocycles. The van der Waals surface area contributed by atoms with E-state index in [0.717, 1.165) is 11.1 Å². The van der Waals surface area contributed by atoms with Gasteiger partial charge < -0.3 is 10.6 Å². The van der Waals surface area contributed by atoms with Gasteiger partial charge in [-0.25, -0.2) is 8.42 Å². The Labute approximate surface area is 154 Å². The maximum atomic E-state index is 12.5. The zero-order valence-electron chi connectivity index (χ0n) is 13.4. The highest BCUT2D eigenvalue weighted by atomic mass is 35.5. The Morgan fingerprint density at radius 1 is 1.20 bits per heavy atom. The molecule has 0 unspecified atom stereocenters. The van der Waals surface area contributed by atoms with Crippen molar-refractivity contribution in [3.05, 3.63) is 45.1 Å². The third kappa shape index (κ3) is 6.04. The molecule has 0 spiro atoms. The number of benzene rings is 1. The Kier molecular flexibility index (Phi) is 6.04. The number of anilines is 2. The van der Waals surface area contributed by atoms with Crippen LogP contribution in [0.4, 0.5) is 11.4 Å². The van der Waals surface area contributed by atoms with Crippen LogP contribution in [0.3, 0.4) is 0 Å². The molecule has 2 rings (SSSR count). The number of thiophene rings is 1. The molecule has 0 radical (unpaired) electrons. The molecule has 2 amide bonds. The van der Waals surface area contributed by atoms with Crippen LogP contribution in [0.15, 0.2) is 30.3 Å².